The van der Waals surface area contributed by atoms with Crippen molar-refractivity contribution in [1.82, 2.24) is 0 Å². The molecular weight excluding hydrogens is 452 g/mol. The van der Waals surface area contributed by atoms with E-state index >= 15 is 0 Å². The lowest BCUT2D eigenvalue weighted by atomic mass is 10.2. The molecule has 0 aromatic heterocycles. The van der Waals surface area contributed by atoms with Crippen molar-refractivity contribution in [2.24, 2.45) is 0 Å². The highest BCUT2D eigenvalue weighted by atomic mass is 35.5. The number of hydrogen-bond acceptors (Lipinski definition) is 5. The van der Waals surface area contributed by atoms with Gasteiger partial charge >= 0.3 is 0 Å². The predicted molar refractivity (Wildman–Crippen MR) is 126 cm³/mol. The van der Waals surface area contributed by atoms with Gasteiger partial charge in [-0.2, -0.15) is 0 Å². The minimum atomic E-state index is -3.96. The maximum Gasteiger partial charge on any atom is 0.262 e. The van der Waals surface area contributed by atoms with Crippen molar-refractivity contribution in [1.29, 1.82) is 0 Å². The summed E-state index contributed by atoms with van der Waals surface area (Å²) in [5.74, 6) is 0.207. The van der Waals surface area contributed by atoms with E-state index in [0.717, 1.165) is 0 Å². The van der Waals surface area contributed by atoms with Crippen LogP contribution in [0.3, 0.4) is 0 Å². The molecule has 0 heterocycles. The third-order valence-corrected chi connectivity index (χ3v) is 6.12. The van der Waals surface area contributed by atoms with E-state index in [9.17, 15) is 13.2 Å². The number of amides is 1. The lowest BCUT2D eigenvalue weighted by Gasteiger charge is -2.14. The van der Waals surface area contributed by atoms with E-state index in [-0.39, 0.29) is 10.6 Å². The van der Waals surface area contributed by atoms with Crippen LogP contribution in [0.5, 0.6) is 11.5 Å². The van der Waals surface area contributed by atoms with E-state index in [2.05, 4.69) is 10.0 Å². The minimum Gasteiger partial charge on any atom is -0.495 e. The van der Waals surface area contributed by atoms with Gasteiger partial charge in [-0.05, 0) is 48.0 Å². The highest BCUT2D eigenvalue weighted by Gasteiger charge is 2.19. The molecule has 166 valence electrons. The average Bonchev–Trinajstić information content (AvgIpc) is 2.78. The number of hydrogen-bond donors (Lipinski definition) is 2. The standard InChI is InChI=1S/C23H21ClN2O5S/c1-30-21-10-6-5-9-19(21)26-32(28,29)17-12-13-22(31-2)20(15-17)25-23(27)14-11-16-7-3-4-8-18(16)24/h3-15,26H,1-2H3,(H,25,27)/b14-11+. The Morgan fingerprint density at radius 1 is 0.906 bits per heavy atom. The summed E-state index contributed by atoms with van der Waals surface area (Å²) < 4.78 is 38.7. The van der Waals surface area contributed by atoms with Crippen molar-refractivity contribution in [2.75, 3.05) is 24.3 Å². The molecule has 0 saturated heterocycles. The van der Waals surface area contributed by atoms with E-state index in [1.54, 1.807) is 54.6 Å². The van der Waals surface area contributed by atoms with Crippen LogP contribution in [0.4, 0.5) is 11.4 Å². The van der Waals surface area contributed by atoms with Gasteiger partial charge in [0.15, 0.2) is 0 Å². The number of ether oxygens (including phenoxy) is 2. The maximum absolute atomic E-state index is 12.9. The fourth-order valence-corrected chi connectivity index (χ4v) is 4.13. The van der Waals surface area contributed by atoms with Crippen LogP contribution in [0.2, 0.25) is 5.02 Å². The molecule has 0 spiro atoms. The molecule has 7 nitrogen and oxygen atoms in total. The summed E-state index contributed by atoms with van der Waals surface area (Å²) in [6.45, 7) is 0. The highest BCUT2D eigenvalue weighted by molar-refractivity contribution is 7.92. The second-order valence-electron chi connectivity index (χ2n) is 6.51. The van der Waals surface area contributed by atoms with Gasteiger partial charge in [-0.15, -0.1) is 0 Å². The van der Waals surface area contributed by atoms with Gasteiger partial charge in [-0.1, -0.05) is 41.9 Å². The molecule has 0 fully saturated rings. The normalized spacial score (nSPS) is 11.2. The minimum absolute atomic E-state index is 0.0606. The fraction of sp³-hybridized carbons (Fsp3) is 0.0870. The fourth-order valence-electron chi connectivity index (χ4n) is 2.83. The summed E-state index contributed by atoms with van der Waals surface area (Å²) in [6, 6.07) is 17.9. The zero-order chi connectivity index (χ0) is 23.1. The molecule has 3 rings (SSSR count). The maximum atomic E-state index is 12.9. The number of halogens is 1. The molecule has 0 atom stereocenters. The summed E-state index contributed by atoms with van der Waals surface area (Å²) in [5, 5.41) is 3.14. The van der Waals surface area contributed by atoms with Crippen molar-refractivity contribution in [3.05, 3.63) is 83.4 Å². The molecule has 3 aromatic rings. The van der Waals surface area contributed by atoms with Crippen molar-refractivity contribution in [3.8, 4) is 11.5 Å². The number of carbonyl (C=O) groups excluding carboxylic acids is 1. The Labute approximate surface area is 191 Å². The Bertz CT molecular complexity index is 1260. The Hall–Kier alpha value is -3.49. The Morgan fingerprint density at radius 3 is 2.28 bits per heavy atom. The molecule has 3 aromatic carbocycles. The molecule has 9 heteroatoms. The SMILES string of the molecule is COc1ccc(S(=O)(=O)Nc2ccccc2OC)cc1NC(=O)/C=C/c1ccccc1Cl. The molecule has 2 N–H and O–H groups in total. The third-order valence-electron chi connectivity index (χ3n) is 4.41. The van der Waals surface area contributed by atoms with Crippen LogP contribution in [0.25, 0.3) is 6.08 Å². The Balaban J connectivity index is 1.85. The van der Waals surface area contributed by atoms with Crippen LogP contribution in [0.1, 0.15) is 5.56 Å². The van der Waals surface area contributed by atoms with Gasteiger partial charge < -0.3 is 14.8 Å². The van der Waals surface area contributed by atoms with E-state index in [4.69, 9.17) is 21.1 Å². The highest BCUT2D eigenvalue weighted by Crippen LogP contribution is 2.30. The van der Waals surface area contributed by atoms with Gasteiger partial charge in [0.1, 0.15) is 11.5 Å². The van der Waals surface area contributed by atoms with Gasteiger partial charge in [-0.3, -0.25) is 9.52 Å². The van der Waals surface area contributed by atoms with Gasteiger partial charge in [0.2, 0.25) is 5.91 Å². The second kappa shape index (κ2) is 10.2. The molecule has 0 aliphatic carbocycles. The van der Waals surface area contributed by atoms with Crippen LogP contribution in [0.15, 0.2) is 77.7 Å². The number of para-hydroxylation sites is 2. The molecule has 0 unspecified atom stereocenters. The zero-order valence-electron chi connectivity index (χ0n) is 17.3. The predicted octanol–water partition coefficient (Wildman–Crippen LogP) is 4.81. The van der Waals surface area contributed by atoms with E-state index in [0.29, 0.717) is 27.8 Å². The summed E-state index contributed by atoms with van der Waals surface area (Å²) in [7, 11) is -1.09. The molecule has 32 heavy (non-hydrogen) atoms. The molecule has 0 aliphatic heterocycles. The first-order chi connectivity index (χ1) is 15.3. The molecule has 0 aliphatic rings. The molecule has 1 amide bonds. The van der Waals surface area contributed by atoms with Crippen LogP contribution in [0, 0.1) is 0 Å². The topological polar surface area (TPSA) is 93.7 Å². The van der Waals surface area contributed by atoms with Gasteiger partial charge in [0.05, 0.1) is 30.5 Å². The quantitative estimate of drug-likeness (QED) is 0.459. The third kappa shape index (κ3) is 5.60. The molecule has 0 radical (unpaired) electrons. The van der Waals surface area contributed by atoms with Crippen LogP contribution < -0.4 is 19.5 Å². The lowest BCUT2D eigenvalue weighted by Crippen LogP contribution is -2.15. The largest absolute Gasteiger partial charge is 0.495 e. The zero-order valence-corrected chi connectivity index (χ0v) is 18.9. The van der Waals surface area contributed by atoms with Crippen LogP contribution in [-0.4, -0.2) is 28.5 Å². The van der Waals surface area contributed by atoms with Gasteiger partial charge in [0.25, 0.3) is 10.0 Å². The van der Waals surface area contributed by atoms with Crippen molar-refractivity contribution >= 4 is 45.0 Å². The van der Waals surface area contributed by atoms with Crippen molar-refractivity contribution in [3.63, 3.8) is 0 Å². The number of rotatable bonds is 8. The molecular formula is C23H21ClN2O5S. The Morgan fingerprint density at radius 2 is 1.56 bits per heavy atom. The van der Waals surface area contributed by atoms with Crippen LogP contribution in [-0.2, 0) is 14.8 Å². The van der Waals surface area contributed by atoms with Gasteiger partial charge in [0, 0.05) is 11.1 Å². The number of sulfonamides is 1. The molecule has 0 bridgehead atoms. The van der Waals surface area contributed by atoms with Crippen molar-refractivity contribution in [2.45, 2.75) is 4.90 Å². The summed E-state index contributed by atoms with van der Waals surface area (Å²) in [6.07, 6.45) is 2.86. The number of methoxy groups -OCH3 is 2. The lowest BCUT2D eigenvalue weighted by molar-refractivity contribution is -0.111. The molecule has 0 saturated carbocycles. The van der Waals surface area contributed by atoms with E-state index < -0.39 is 15.9 Å². The summed E-state index contributed by atoms with van der Waals surface area (Å²) in [4.78, 5) is 12.4. The first-order valence-corrected chi connectivity index (χ1v) is 11.3. The first kappa shape index (κ1) is 23.2. The monoisotopic (exact) mass is 472 g/mol. The number of nitrogens with one attached hydrogen (secondary N) is 2. The van der Waals surface area contributed by atoms with Crippen molar-refractivity contribution < 1.29 is 22.7 Å². The summed E-state index contributed by atoms with van der Waals surface area (Å²) in [5.41, 5.74) is 1.16. The van der Waals surface area contributed by atoms with E-state index in [1.165, 1.54) is 38.5 Å². The Kier molecular flexibility index (Phi) is 7.40. The van der Waals surface area contributed by atoms with Gasteiger partial charge in [-0.25, -0.2) is 8.42 Å². The van der Waals surface area contributed by atoms with E-state index in [1.807, 2.05) is 0 Å². The summed E-state index contributed by atoms with van der Waals surface area (Å²) >= 11 is 6.09. The number of anilines is 2. The average molecular weight is 473 g/mol. The smallest absolute Gasteiger partial charge is 0.262 e. The number of carbonyl (C=O) groups is 1. The first-order valence-electron chi connectivity index (χ1n) is 9.41. The number of benzene rings is 3. The second-order valence-corrected chi connectivity index (χ2v) is 8.60. The van der Waals surface area contributed by atoms with Crippen LogP contribution >= 0.6 is 11.6 Å².